The minimum absolute atomic E-state index is 0.230. The van der Waals surface area contributed by atoms with Gasteiger partial charge in [0.1, 0.15) is 12.3 Å². The van der Waals surface area contributed by atoms with Gasteiger partial charge in [-0.2, -0.15) is 0 Å². The highest BCUT2D eigenvalue weighted by molar-refractivity contribution is 6.22. The number of piperazine rings is 1. The van der Waals surface area contributed by atoms with Crippen molar-refractivity contribution >= 4 is 29.6 Å². The molecule has 4 rings (SSSR count). The Morgan fingerprint density at radius 3 is 2.03 bits per heavy atom. The zero-order valence-electron chi connectivity index (χ0n) is 17.4. The number of carbonyl (C=O) groups excluding carboxylic acids is 5. The SMILES string of the molecule is CC(=O)Oc1cccc(C(=O)N2CCN(C(=O)CN3C(=O)c4ccccc4C3=O)CC2)c1. The Bertz CT molecular complexity index is 1090. The van der Waals surface area contributed by atoms with E-state index in [0.29, 0.717) is 29.8 Å². The lowest BCUT2D eigenvalue weighted by Crippen LogP contribution is -2.53. The van der Waals surface area contributed by atoms with Gasteiger partial charge in [0.05, 0.1) is 11.1 Å². The van der Waals surface area contributed by atoms with Gasteiger partial charge in [-0.15, -0.1) is 0 Å². The van der Waals surface area contributed by atoms with Crippen molar-refractivity contribution in [2.45, 2.75) is 6.92 Å². The van der Waals surface area contributed by atoms with Crippen molar-refractivity contribution in [1.82, 2.24) is 14.7 Å². The van der Waals surface area contributed by atoms with Crippen LogP contribution in [0, 0.1) is 0 Å². The molecule has 1 fully saturated rings. The first-order chi connectivity index (χ1) is 15.3. The fourth-order valence-electron chi connectivity index (χ4n) is 3.82. The molecular formula is C23H21N3O6. The maximum absolute atomic E-state index is 12.8. The molecule has 0 saturated carbocycles. The van der Waals surface area contributed by atoms with E-state index in [4.69, 9.17) is 4.74 Å². The van der Waals surface area contributed by atoms with Gasteiger partial charge in [0.15, 0.2) is 0 Å². The van der Waals surface area contributed by atoms with E-state index in [9.17, 15) is 24.0 Å². The molecule has 0 aliphatic carbocycles. The summed E-state index contributed by atoms with van der Waals surface area (Å²) in [5.74, 6) is -1.70. The molecule has 0 atom stereocenters. The molecule has 0 bridgehead atoms. The number of ether oxygens (including phenoxy) is 1. The van der Waals surface area contributed by atoms with E-state index in [1.165, 1.54) is 13.0 Å². The lowest BCUT2D eigenvalue weighted by Gasteiger charge is -2.35. The predicted molar refractivity (Wildman–Crippen MR) is 112 cm³/mol. The molecule has 0 radical (unpaired) electrons. The van der Waals surface area contributed by atoms with Crippen molar-refractivity contribution in [1.29, 1.82) is 0 Å². The monoisotopic (exact) mass is 435 g/mol. The van der Waals surface area contributed by atoms with E-state index in [1.807, 2.05) is 0 Å². The second-order valence-electron chi connectivity index (χ2n) is 7.54. The van der Waals surface area contributed by atoms with Crippen molar-refractivity contribution in [3.63, 3.8) is 0 Å². The van der Waals surface area contributed by atoms with E-state index in [-0.39, 0.29) is 37.2 Å². The van der Waals surface area contributed by atoms with E-state index >= 15 is 0 Å². The van der Waals surface area contributed by atoms with E-state index in [1.54, 1.807) is 52.3 Å². The number of fused-ring (bicyclic) bond motifs is 1. The van der Waals surface area contributed by atoms with Crippen molar-refractivity contribution in [3.05, 3.63) is 65.2 Å². The Kier molecular flexibility index (Phi) is 5.72. The van der Waals surface area contributed by atoms with Crippen molar-refractivity contribution in [2.75, 3.05) is 32.7 Å². The molecule has 2 aliphatic rings. The molecule has 2 aliphatic heterocycles. The van der Waals surface area contributed by atoms with E-state index in [0.717, 1.165) is 4.90 Å². The molecule has 2 aromatic rings. The van der Waals surface area contributed by atoms with Crippen LogP contribution in [0.25, 0.3) is 0 Å². The quantitative estimate of drug-likeness (QED) is 0.406. The second kappa shape index (κ2) is 8.62. The summed E-state index contributed by atoms with van der Waals surface area (Å²) in [6.07, 6.45) is 0. The number of esters is 1. The van der Waals surface area contributed by atoms with Gasteiger partial charge in [-0.1, -0.05) is 18.2 Å². The Balaban J connectivity index is 1.34. The molecular weight excluding hydrogens is 414 g/mol. The van der Waals surface area contributed by atoms with Crippen molar-refractivity contribution in [2.24, 2.45) is 0 Å². The van der Waals surface area contributed by atoms with Crippen LogP contribution in [-0.2, 0) is 9.59 Å². The predicted octanol–water partition coefficient (Wildman–Crippen LogP) is 1.19. The van der Waals surface area contributed by atoms with Gasteiger partial charge in [-0.05, 0) is 30.3 Å². The Morgan fingerprint density at radius 1 is 0.844 bits per heavy atom. The van der Waals surface area contributed by atoms with Crippen LogP contribution in [0.1, 0.15) is 38.0 Å². The highest BCUT2D eigenvalue weighted by Crippen LogP contribution is 2.22. The average molecular weight is 435 g/mol. The Labute approximate surface area is 184 Å². The maximum atomic E-state index is 12.8. The largest absolute Gasteiger partial charge is 0.427 e. The van der Waals surface area contributed by atoms with Crippen molar-refractivity contribution in [3.8, 4) is 5.75 Å². The topological polar surface area (TPSA) is 104 Å². The summed E-state index contributed by atoms with van der Waals surface area (Å²) in [5, 5.41) is 0. The van der Waals surface area contributed by atoms with Gasteiger partial charge in [-0.25, -0.2) is 0 Å². The van der Waals surface area contributed by atoms with Gasteiger partial charge in [0.2, 0.25) is 5.91 Å². The number of hydrogen-bond acceptors (Lipinski definition) is 6. The van der Waals surface area contributed by atoms with E-state index in [2.05, 4.69) is 0 Å². The highest BCUT2D eigenvalue weighted by atomic mass is 16.5. The first-order valence-corrected chi connectivity index (χ1v) is 10.2. The zero-order chi connectivity index (χ0) is 22.8. The first-order valence-electron chi connectivity index (χ1n) is 10.2. The molecule has 9 heteroatoms. The summed E-state index contributed by atoms with van der Waals surface area (Å²) in [7, 11) is 0. The minimum atomic E-state index is -0.472. The number of imide groups is 1. The molecule has 0 unspecified atom stereocenters. The zero-order valence-corrected chi connectivity index (χ0v) is 17.4. The van der Waals surface area contributed by atoms with Crippen LogP contribution >= 0.6 is 0 Å². The highest BCUT2D eigenvalue weighted by Gasteiger charge is 2.37. The Hall–Kier alpha value is -4.01. The smallest absolute Gasteiger partial charge is 0.308 e. The summed E-state index contributed by atoms with van der Waals surface area (Å²) in [4.78, 5) is 65.7. The third-order valence-corrected chi connectivity index (χ3v) is 5.43. The van der Waals surface area contributed by atoms with Crippen LogP contribution in [0.2, 0.25) is 0 Å². The number of nitrogens with zero attached hydrogens (tertiary/aromatic N) is 3. The standard InChI is InChI=1S/C23H21N3O6/c1-15(27)32-17-6-4-5-16(13-17)21(29)25-11-9-24(10-12-25)20(28)14-26-22(30)18-7-2-3-8-19(18)23(26)31/h2-8,13H,9-12,14H2,1H3. The van der Waals surface area contributed by atoms with Gasteiger partial charge in [0, 0.05) is 38.7 Å². The van der Waals surface area contributed by atoms with Gasteiger partial charge < -0.3 is 14.5 Å². The average Bonchev–Trinajstić information content (AvgIpc) is 3.03. The minimum Gasteiger partial charge on any atom is -0.427 e. The fourth-order valence-corrected chi connectivity index (χ4v) is 3.82. The number of rotatable bonds is 4. The molecule has 164 valence electrons. The van der Waals surface area contributed by atoms with Crippen LogP contribution in [0.5, 0.6) is 5.75 Å². The number of carbonyl (C=O) groups is 5. The van der Waals surface area contributed by atoms with Crippen LogP contribution < -0.4 is 4.74 Å². The van der Waals surface area contributed by atoms with Crippen molar-refractivity contribution < 1.29 is 28.7 Å². The fraction of sp³-hybridized carbons (Fsp3) is 0.261. The van der Waals surface area contributed by atoms with Gasteiger partial charge in [0.25, 0.3) is 17.7 Å². The van der Waals surface area contributed by atoms with Gasteiger partial charge in [-0.3, -0.25) is 28.9 Å². The summed E-state index contributed by atoms with van der Waals surface area (Å²) in [6, 6.07) is 12.8. The van der Waals surface area contributed by atoms with Crippen LogP contribution in [0.3, 0.4) is 0 Å². The van der Waals surface area contributed by atoms with Gasteiger partial charge >= 0.3 is 5.97 Å². The number of hydrogen-bond donors (Lipinski definition) is 0. The molecule has 9 nitrogen and oxygen atoms in total. The summed E-state index contributed by atoms with van der Waals surface area (Å²) in [5.41, 5.74) is 0.989. The number of amides is 4. The molecule has 0 aromatic heterocycles. The summed E-state index contributed by atoms with van der Waals surface area (Å²) in [6.45, 7) is 2.15. The molecule has 0 spiro atoms. The lowest BCUT2D eigenvalue weighted by molar-refractivity contribution is -0.133. The number of benzene rings is 2. The second-order valence-corrected chi connectivity index (χ2v) is 7.54. The summed E-state index contributed by atoms with van der Waals surface area (Å²) < 4.78 is 5.02. The lowest BCUT2D eigenvalue weighted by atomic mass is 10.1. The molecule has 2 heterocycles. The van der Waals surface area contributed by atoms with Crippen LogP contribution in [0.4, 0.5) is 0 Å². The maximum Gasteiger partial charge on any atom is 0.308 e. The van der Waals surface area contributed by atoms with E-state index < -0.39 is 17.8 Å². The molecule has 1 saturated heterocycles. The summed E-state index contributed by atoms with van der Waals surface area (Å²) >= 11 is 0. The molecule has 2 aromatic carbocycles. The normalized spacial score (nSPS) is 15.6. The molecule has 0 N–H and O–H groups in total. The molecule has 4 amide bonds. The Morgan fingerprint density at radius 2 is 1.44 bits per heavy atom. The first kappa shape index (κ1) is 21.2. The third-order valence-electron chi connectivity index (χ3n) is 5.43. The van der Waals surface area contributed by atoms with Crippen LogP contribution in [-0.4, -0.2) is 77.0 Å². The molecule has 32 heavy (non-hydrogen) atoms. The van der Waals surface area contributed by atoms with Crippen LogP contribution in [0.15, 0.2) is 48.5 Å². The third kappa shape index (κ3) is 4.09.